The Morgan fingerprint density at radius 2 is 2.21 bits per heavy atom. The number of benzene rings is 1. The molecule has 0 spiro atoms. The lowest BCUT2D eigenvalue weighted by molar-refractivity contribution is 0.112. The number of fused-ring (bicyclic) bond motifs is 1. The highest BCUT2D eigenvalue weighted by atomic mass is 16.1. The molecule has 3 heteroatoms. The second-order valence-corrected chi connectivity index (χ2v) is 4.61. The van der Waals surface area contributed by atoms with Crippen molar-refractivity contribution >= 4 is 17.2 Å². The van der Waals surface area contributed by atoms with Gasteiger partial charge < -0.3 is 0 Å². The third kappa shape index (κ3) is 2.79. The normalized spacial score (nSPS) is 10.3. The number of pyridine rings is 1. The van der Waals surface area contributed by atoms with Gasteiger partial charge in [-0.05, 0) is 36.6 Å². The molecular weight excluding hydrogens is 236 g/mol. The smallest absolute Gasteiger partial charge is 0.150 e. The van der Waals surface area contributed by atoms with Crippen LogP contribution in [-0.2, 0) is 6.42 Å². The molecule has 1 aromatic heterocycles. The van der Waals surface area contributed by atoms with Crippen LogP contribution < -0.4 is 0 Å². The van der Waals surface area contributed by atoms with Gasteiger partial charge in [0.05, 0.1) is 11.1 Å². The van der Waals surface area contributed by atoms with Gasteiger partial charge in [0, 0.05) is 17.1 Å². The molecule has 0 unspecified atom stereocenters. The Labute approximate surface area is 112 Å². The molecule has 1 aromatic carbocycles. The zero-order valence-corrected chi connectivity index (χ0v) is 11.0. The van der Waals surface area contributed by atoms with Crippen LogP contribution in [0, 0.1) is 11.3 Å². The number of carbonyl (C=O) groups is 1. The van der Waals surface area contributed by atoms with Crippen LogP contribution in [0.15, 0.2) is 24.4 Å². The summed E-state index contributed by atoms with van der Waals surface area (Å²) in [5.74, 6) is 0. The van der Waals surface area contributed by atoms with Crippen molar-refractivity contribution in [2.75, 3.05) is 0 Å². The number of aryl methyl sites for hydroxylation is 1. The molecule has 3 nitrogen and oxygen atoms in total. The summed E-state index contributed by atoms with van der Waals surface area (Å²) in [6.07, 6.45) is 6.65. The van der Waals surface area contributed by atoms with Crippen LogP contribution in [-0.4, -0.2) is 11.3 Å². The second kappa shape index (κ2) is 6.10. The Morgan fingerprint density at radius 3 is 2.89 bits per heavy atom. The fourth-order valence-electron chi connectivity index (χ4n) is 2.26. The number of nitriles is 1. The van der Waals surface area contributed by atoms with Crippen LogP contribution in [0.3, 0.4) is 0 Å². The van der Waals surface area contributed by atoms with Gasteiger partial charge in [0.15, 0.2) is 0 Å². The van der Waals surface area contributed by atoms with Crippen LogP contribution in [0.25, 0.3) is 10.9 Å². The number of nitrogens with zero attached hydrogens (tertiary/aromatic N) is 2. The minimum Gasteiger partial charge on any atom is -0.298 e. The number of carbonyl (C=O) groups excluding carboxylic acids is 1. The third-order valence-electron chi connectivity index (χ3n) is 3.29. The predicted octanol–water partition coefficient (Wildman–Crippen LogP) is 3.65. The van der Waals surface area contributed by atoms with Crippen molar-refractivity contribution in [3.8, 4) is 6.07 Å². The molecule has 1 heterocycles. The third-order valence-corrected chi connectivity index (χ3v) is 3.29. The minimum atomic E-state index is 0.617. The van der Waals surface area contributed by atoms with Gasteiger partial charge in [-0.2, -0.15) is 5.26 Å². The highest BCUT2D eigenvalue weighted by Gasteiger charge is 2.09. The topological polar surface area (TPSA) is 53.8 Å². The summed E-state index contributed by atoms with van der Waals surface area (Å²) in [6, 6.07) is 7.62. The van der Waals surface area contributed by atoms with E-state index in [9.17, 15) is 10.1 Å². The van der Waals surface area contributed by atoms with Gasteiger partial charge in [-0.1, -0.05) is 19.8 Å². The van der Waals surface area contributed by atoms with Crippen molar-refractivity contribution in [2.45, 2.75) is 32.6 Å². The molecule has 0 amide bonds. The molecular formula is C16H16N2O. The van der Waals surface area contributed by atoms with Crippen LogP contribution in [0.5, 0.6) is 0 Å². The Balaban J connectivity index is 2.54. The minimum absolute atomic E-state index is 0.617. The Morgan fingerprint density at radius 1 is 1.37 bits per heavy atom. The predicted molar refractivity (Wildman–Crippen MR) is 75.1 cm³/mol. The van der Waals surface area contributed by atoms with E-state index in [0.717, 1.165) is 48.4 Å². The summed E-state index contributed by atoms with van der Waals surface area (Å²) >= 11 is 0. The first kappa shape index (κ1) is 13.2. The van der Waals surface area contributed by atoms with Crippen molar-refractivity contribution in [3.63, 3.8) is 0 Å². The van der Waals surface area contributed by atoms with Gasteiger partial charge in [-0.25, -0.2) is 0 Å². The zero-order chi connectivity index (χ0) is 13.7. The summed E-state index contributed by atoms with van der Waals surface area (Å²) in [7, 11) is 0. The molecule has 0 fully saturated rings. The van der Waals surface area contributed by atoms with E-state index in [1.165, 1.54) is 0 Å². The molecule has 2 rings (SSSR count). The molecule has 0 radical (unpaired) electrons. The van der Waals surface area contributed by atoms with Gasteiger partial charge >= 0.3 is 0 Å². The van der Waals surface area contributed by atoms with Crippen molar-refractivity contribution in [3.05, 3.63) is 41.1 Å². The highest BCUT2D eigenvalue weighted by molar-refractivity contribution is 5.89. The monoisotopic (exact) mass is 252 g/mol. The number of aromatic nitrogens is 1. The van der Waals surface area contributed by atoms with Crippen LogP contribution >= 0.6 is 0 Å². The van der Waals surface area contributed by atoms with E-state index in [4.69, 9.17) is 0 Å². The standard InChI is InChI=1S/C16H16N2O/c1-2-3-4-5-14-13(9-17)10-18-16-7-6-12(11-19)8-15(14)16/h6-8,10-11H,2-5H2,1H3. The number of aldehydes is 1. The summed E-state index contributed by atoms with van der Waals surface area (Å²) < 4.78 is 0. The lowest BCUT2D eigenvalue weighted by atomic mass is 9.97. The Hall–Kier alpha value is -2.21. The maximum atomic E-state index is 10.9. The van der Waals surface area contributed by atoms with Crippen LogP contribution in [0.2, 0.25) is 0 Å². The van der Waals surface area contributed by atoms with Crippen molar-refractivity contribution in [2.24, 2.45) is 0 Å². The molecule has 0 bridgehead atoms. The number of hydrogen-bond donors (Lipinski definition) is 0. The van der Waals surface area contributed by atoms with Crippen LogP contribution in [0.4, 0.5) is 0 Å². The summed E-state index contributed by atoms with van der Waals surface area (Å²) in [6.45, 7) is 2.15. The molecule has 0 saturated carbocycles. The largest absolute Gasteiger partial charge is 0.298 e. The lowest BCUT2D eigenvalue weighted by Crippen LogP contribution is -1.96. The van der Waals surface area contributed by atoms with Crippen molar-refractivity contribution in [1.82, 2.24) is 4.98 Å². The van der Waals surface area contributed by atoms with E-state index in [0.29, 0.717) is 11.1 Å². The van der Waals surface area contributed by atoms with Crippen LogP contribution in [0.1, 0.15) is 47.7 Å². The van der Waals surface area contributed by atoms with Gasteiger partial charge in [-0.3, -0.25) is 9.78 Å². The van der Waals surface area contributed by atoms with Crippen molar-refractivity contribution in [1.29, 1.82) is 5.26 Å². The zero-order valence-electron chi connectivity index (χ0n) is 11.0. The second-order valence-electron chi connectivity index (χ2n) is 4.61. The fraction of sp³-hybridized carbons (Fsp3) is 0.312. The van der Waals surface area contributed by atoms with E-state index in [1.807, 2.05) is 12.1 Å². The number of unbranched alkanes of at least 4 members (excludes halogenated alkanes) is 2. The van der Waals surface area contributed by atoms with E-state index in [2.05, 4.69) is 18.0 Å². The van der Waals surface area contributed by atoms with Gasteiger partial charge in [0.1, 0.15) is 12.4 Å². The van der Waals surface area contributed by atoms with E-state index in [-0.39, 0.29) is 0 Å². The molecule has 0 aliphatic rings. The van der Waals surface area contributed by atoms with Crippen molar-refractivity contribution < 1.29 is 4.79 Å². The lowest BCUT2D eigenvalue weighted by Gasteiger charge is -2.08. The average Bonchev–Trinajstić information content (AvgIpc) is 2.47. The molecule has 19 heavy (non-hydrogen) atoms. The molecule has 0 saturated heterocycles. The molecule has 0 N–H and O–H groups in total. The summed E-state index contributed by atoms with van der Waals surface area (Å²) in [4.78, 5) is 15.2. The molecule has 0 aliphatic carbocycles. The molecule has 96 valence electrons. The molecule has 0 atom stereocenters. The summed E-state index contributed by atoms with van der Waals surface area (Å²) in [5.41, 5.74) is 3.11. The van der Waals surface area contributed by atoms with Gasteiger partial charge in [0.2, 0.25) is 0 Å². The highest BCUT2D eigenvalue weighted by Crippen LogP contribution is 2.23. The quantitative estimate of drug-likeness (QED) is 0.603. The fourth-order valence-corrected chi connectivity index (χ4v) is 2.26. The maximum Gasteiger partial charge on any atom is 0.150 e. The summed E-state index contributed by atoms with van der Waals surface area (Å²) in [5, 5.41) is 10.1. The van der Waals surface area contributed by atoms with E-state index < -0.39 is 0 Å². The van der Waals surface area contributed by atoms with E-state index in [1.54, 1.807) is 12.3 Å². The Kier molecular flexibility index (Phi) is 4.25. The molecule has 0 aliphatic heterocycles. The number of hydrogen-bond acceptors (Lipinski definition) is 3. The molecule has 2 aromatic rings. The first-order chi connectivity index (χ1) is 9.30. The SMILES string of the molecule is CCCCCc1c(C#N)cnc2ccc(C=O)cc12. The maximum absolute atomic E-state index is 10.9. The first-order valence-corrected chi connectivity index (χ1v) is 6.57. The van der Waals surface area contributed by atoms with Gasteiger partial charge in [-0.15, -0.1) is 0 Å². The van der Waals surface area contributed by atoms with Gasteiger partial charge in [0.25, 0.3) is 0 Å². The average molecular weight is 252 g/mol. The van der Waals surface area contributed by atoms with E-state index >= 15 is 0 Å². The first-order valence-electron chi connectivity index (χ1n) is 6.57. The number of rotatable bonds is 5. The Bertz CT molecular complexity index is 641.